The first-order valence-electron chi connectivity index (χ1n) is 15.5. The van der Waals surface area contributed by atoms with Gasteiger partial charge in [0.2, 0.25) is 17.7 Å². The van der Waals surface area contributed by atoms with Gasteiger partial charge in [-0.05, 0) is 74.0 Å². The van der Waals surface area contributed by atoms with Crippen molar-refractivity contribution in [3.05, 3.63) is 59.2 Å². The molecule has 0 fully saturated rings. The molecule has 1 aliphatic rings. The van der Waals surface area contributed by atoms with Crippen LogP contribution >= 0.6 is 0 Å². The van der Waals surface area contributed by atoms with Gasteiger partial charge in [0, 0.05) is 38.3 Å². The quantitative estimate of drug-likeness (QED) is 0.104. The zero-order valence-electron chi connectivity index (χ0n) is 26.9. The van der Waals surface area contributed by atoms with E-state index >= 15 is 0 Å². The highest BCUT2D eigenvalue weighted by molar-refractivity contribution is 6.62. The van der Waals surface area contributed by atoms with Gasteiger partial charge in [-0.2, -0.15) is 13.2 Å². The number of halogens is 3. The van der Waals surface area contributed by atoms with Gasteiger partial charge >= 0.3 is 13.3 Å². The third kappa shape index (κ3) is 10.7. The van der Waals surface area contributed by atoms with Crippen LogP contribution in [0.4, 0.5) is 18.9 Å². The Hall–Kier alpha value is -3.58. The molecule has 2 aromatic carbocycles. The number of aryl methyl sites for hydroxylation is 1. The molecule has 0 spiro atoms. The number of nitrogens with two attached hydrogens (primary N) is 3. The van der Waals surface area contributed by atoms with Gasteiger partial charge in [0.25, 0.3) is 0 Å². The Labute approximate surface area is 277 Å². The average molecular weight is 681 g/mol. The molecule has 0 aromatic heterocycles. The van der Waals surface area contributed by atoms with Crippen LogP contribution in [0.1, 0.15) is 49.8 Å². The summed E-state index contributed by atoms with van der Waals surface area (Å²) in [6.45, 7) is 2.99. The third-order valence-corrected chi connectivity index (χ3v) is 8.04. The van der Waals surface area contributed by atoms with E-state index < -0.39 is 66.5 Å². The number of benzene rings is 2. The second kappa shape index (κ2) is 16.7. The molecule has 48 heavy (non-hydrogen) atoms. The molecule has 0 saturated carbocycles. The summed E-state index contributed by atoms with van der Waals surface area (Å²) in [6.07, 6.45) is -6.88. The van der Waals surface area contributed by atoms with E-state index in [1.165, 1.54) is 17.0 Å². The van der Waals surface area contributed by atoms with Gasteiger partial charge in [-0.1, -0.05) is 18.2 Å². The molecule has 0 unspecified atom stereocenters. The Kier molecular flexibility index (Phi) is 13.5. The SMILES string of the molecule is CC1(C)OB(O)c2cc(NC(=O)[C@@H](CCc3ccc(C(F)(F)F)cc3)NC(=O)[C@@H](N)CCC(=O)N(C[C@@H](O)CN)C[C@@H](O)CN)ccc21. The number of alkyl halides is 3. The van der Waals surface area contributed by atoms with Crippen LogP contribution in [0.3, 0.4) is 0 Å². The highest BCUT2D eigenvalue weighted by atomic mass is 19.4. The number of aliphatic hydroxyl groups is 2. The number of hydrogen-bond donors (Lipinski definition) is 8. The minimum atomic E-state index is -4.51. The second-order valence-corrected chi connectivity index (χ2v) is 12.3. The molecule has 264 valence electrons. The van der Waals surface area contributed by atoms with Crippen LogP contribution in [-0.2, 0) is 37.2 Å². The standard InChI is InChI=1S/C31H44BF3N6O7/c1-30(2)23-9-8-20(13-24(23)32(47)48-30)39-29(46)26(11-5-18-3-6-19(7-4-18)31(33,34)35)40-28(45)25(38)10-12-27(44)41(16-21(42)14-36)17-22(43)15-37/h3-4,6-9,13,21-22,25-26,42-43,47H,5,10-12,14-17,36-38H2,1-2H3,(H,39,46)(H,40,45)/t21-,22-,25-,26+/m0/s1. The number of rotatable bonds is 16. The van der Waals surface area contributed by atoms with E-state index in [0.29, 0.717) is 16.7 Å². The van der Waals surface area contributed by atoms with Crippen LogP contribution in [0.25, 0.3) is 0 Å². The van der Waals surface area contributed by atoms with Crippen molar-refractivity contribution >= 4 is 36.0 Å². The van der Waals surface area contributed by atoms with E-state index in [1.807, 2.05) is 0 Å². The lowest BCUT2D eigenvalue weighted by atomic mass is 9.78. The lowest BCUT2D eigenvalue weighted by Gasteiger charge is -2.27. The Morgan fingerprint density at radius 3 is 2.15 bits per heavy atom. The molecule has 3 amide bonds. The minimum absolute atomic E-state index is 0.0139. The van der Waals surface area contributed by atoms with Crippen LogP contribution in [0.2, 0.25) is 0 Å². The number of anilines is 1. The number of amides is 3. The highest BCUT2D eigenvalue weighted by Crippen LogP contribution is 2.31. The summed E-state index contributed by atoms with van der Waals surface area (Å²) in [4.78, 5) is 40.7. The summed E-state index contributed by atoms with van der Waals surface area (Å²) in [7, 11) is -1.21. The summed E-state index contributed by atoms with van der Waals surface area (Å²) in [5, 5.41) is 35.5. The normalized spacial score (nSPS) is 16.4. The van der Waals surface area contributed by atoms with Crippen molar-refractivity contribution in [3.8, 4) is 0 Å². The molecular formula is C31H44BF3N6O7. The molecule has 1 aliphatic heterocycles. The predicted molar refractivity (Wildman–Crippen MR) is 172 cm³/mol. The topological polar surface area (TPSA) is 226 Å². The zero-order chi connectivity index (χ0) is 35.8. The molecule has 17 heteroatoms. The van der Waals surface area contributed by atoms with Gasteiger partial charge in [-0.3, -0.25) is 14.4 Å². The number of hydrogen-bond acceptors (Lipinski definition) is 10. The molecule has 0 radical (unpaired) electrons. The van der Waals surface area contributed by atoms with Crippen molar-refractivity contribution in [2.24, 2.45) is 17.2 Å². The number of nitrogens with zero attached hydrogens (tertiary/aromatic N) is 1. The molecule has 13 nitrogen and oxygen atoms in total. The predicted octanol–water partition coefficient (Wildman–Crippen LogP) is -0.710. The summed E-state index contributed by atoms with van der Waals surface area (Å²) in [6, 6.07) is 6.86. The monoisotopic (exact) mass is 680 g/mol. The highest BCUT2D eigenvalue weighted by Gasteiger charge is 2.40. The first-order valence-corrected chi connectivity index (χ1v) is 15.5. The van der Waals surface area contributed by atoms with E-state index in [0.717, 1.165) is 17.7 Å². The van der Waals surface area contributed by atoms with Crippen LogP contribution in [0.15, 0.2) is 42.5 Å². The first-order chi connectivity index (χ1) is 22.4. The van der Waals surface area contributed by atoms with E-state index in [1.54, 1.807) is 32.0 Å². The Morgan fingerprint density at radius 2 is 1.58 bits per heavy atom. The number of aliphatic hydroxyl groups excluding tert-OH is 2. The molecule has 2 aromatic rings. The molecule has 0 saturated heterocycles. The van der Waals surface area contributed by atoms with Crippen molar-refractivity contribution in [1.82, 2.24) is 10.2 Å². The van der Waals surface area contributed by atoms with Crippen LogP contribution in [0.5, 0.6) is 0 Å². The van der Waals surface area contributed by atoms with Crippen molar-refractivity contribution in [2.45, 2.75) is 75.6 Å². The second-order valence-electron chi connectivity index (χ2n) is 12.3. The van der Waals surface area contributed by atoms with E-state index in [9.17, 15) is 42.8 Å². The number of carbonyl (C=O) groups is 3. The minimum Gasteiger partial charge on any atom is -0.423 e. The van der Waals surface area contributed by atoms with Crippen LogP contribution in [0, 0.1) is 0 Å². The summed E-state index contributed by atoms with van der Waals surface area (Å²) >= 11 is 0. The average Bonchev–Trinajstić information content (AvgIpc) is 3.27. The molecule has 11 N–H and O–H groups in total. The number of carbonyl (C=O) groups excluding carboxylic acids is 3. The zero-order valence-corrected chi connectivity index (χ0v) is 26.9. The molecular weight excluding hydrogens is 636 g/mol. The Balaban J connectivity index is 1.72. The maximum atomic E-state index is 13.5. The third-order valence-electron chi connectivity index (χ3n) is 8.04. The maximum Gasteiger partial charge on any atom is 0.492 e. The van der Waals surface area contributed by atoms with E-state index in [4.69, 9.17) is 21.9 Å². The lowest BCUT2D eigenvalue weighted by molar-refractivity contribution is -0.137. The van der Waals surface area contributed by atoms with Crippen molar-refractivity contribution in [1.29, 1.82) is 0 Å². The van der Waals surface area contributed by atoms with Gasteiger partial charge < -0.3 is 52.6 Å². The largest absolute Gasteiger partial charge is 0.492 e. The number of nitrogens with one attached hydrogen (secondary N) is 2. The molecule has 4 atom stereocenters. The molecule has 3 rings (SSSR count). The lowest BCUT2D eigenvalue weighted by Crippen LogP contribution is -2.50. The Bertz CT molecular complexity index is 1400. The fraction of sp³-hybridized carbons (Fsp3) is 0.516. The maximum absolute atomic E-state index is 13.5. The molecule has 0 bridgehead atoms. The first kappa shape index (κ1) is 38.9. The van der Waals surface area contributed by atoms with E-state index in [-0.39, 0.29) is 51.9 Å². The van der Waals surface area contributed by atoms with Gasteiger partial charge in [-0.15, -0.1) is 0 Å². The smallest absolute Gasteiger partial charge is 0.423 e. The van der Waals surface area contributed by atoms with Gasteiger partial charge in [0.05, 0.1) is 29.4 Å². The summed E-state index contributed by atoms with van der Waals surface area (Å²) in [5.74, 6) is -1.92. The van der Waals surface area contributed by atoms with Gasteiger partial charge in [-0.25, -0.2) is 0 Å². The van der Waals surface area contributed by atoms with Crippen LogP contribution in [-0.4, -0.2) is 95.4 Å². The van der Waals surface area contributed by atoms with Gasteiger partial charge in [0.15, 0.2) is 0 Å². The summed E-state index contributed by atoms with van der Waals surface area (Å²) < 4.78 is 44.6. The van der Waals surface area contributed by atoms with Crippen molar-refractivity contribution in [3.63, 3.8) is 0 Å². The number of fused-ring (bicyclic) bond motifs is 1. The fourth-order valence-corrected chi connectivity index (χ4v) is 5.25. The molecule has 0 aliphatic carbocycles. The van der Waals surface area contributed by atoms with Crippen LogP contribution < -0.4 is 33.3 Å². The Morgan fingerprint density at radius 1 is 0.979 bits per heavy atom. The summed E-state index contributed by atoms with van der Waals surface area (Å²) in [5.41, 5.74) is 17.4. The van der Waals surface area contributed by atoms with Gasteiger partial charge in [0.1, 0.15) is 6.04 Å². The van der Waals surface area contributed by atoms with Crippen molar-refractivity contribution < 1.29 is 47.4 Å². The van der Waals surface area contributed by atoms with Crippen molar-refractivity contribution in [2.75, 3.05) is 31.5 Å². The van der Waals surface area contributed by atoms with E-state index in [2.05, 4.69) is 10.6 Å². The molecule has 1 heterocycles. The fourth-order valence-electron chi connectivity index (χ4n) is 5.25.